The Hall–Kier alpha value is -0.440. The molecule has 1 saturated heterocycles. The molecular weight excluding hydrogens is 305 g/mol. The summed E-state index contributed by atoms with van der Waals surface area (Å²) in [6, 6.07) is 6.18. The Morgan fingerprint density at radius 2 is 1.71 bits per heavy atom. The molecule has 3 rings (SSSR count). The molecule has 0 radical (unpaired) electrons. The normalized spacial score (nSPS) is 24.4. The van der Waals surface area contributed by atoms with Crippen LogP contribution in [0.4, 0.5) is 0 Å². The van der Waals surface area contributed by atoms with Gasteiger partial charge in [0.2, 0.25) is 0 Å². The predicted molar refractivity (Wildman–Crippen MR) is 88.3 cm³/mol. The van der Waals surface area contributed by atoms with Gasteiger partial charge >= 0.3 is 0 Å². The van der Waals surface area contributed by atoms with Crippen molar-refractivity contribution in [3.63, 3.8) is 0 Å². The summed E-state index contributed by atoms with van der Waals surface area (Å²) >= 11 is 12.3. The Labute approximate surface area is 137 Å². The number of halogens is 2. The van der Waals surface area contributed by atoms with Crippen LogP contribution in [0, 0.1) is 5.92 Å². The maximum absolute atomic E-state index is 6.17. The number of rotatable bonds is 4. The van der Waals surface area contributed by atoms with Crippen LogP contribution < -0.4 is 4.74 Å². The molecule has 0 aromatic heterocycles. The number of ether oxygens (including phenoxy) is 1. The summed E-state index contributed by atoms with van der Waals surface area (Å²) in [5.74, 6) is 1.47. The third kappa shape index (κ3) is 3.67. The van der Waals surface area contributed by atoms with Crippen molar-refractivity contribution in [3.05, 3.63) is 28.2 Å². The fourth-order valence-corrected chi connectivity index (χ4v) is 4.34. The minimum Gasteiger partial charge on any atom is -0.475 e. The number of nitrogens with zero attached hydrogens (tertiary/aromatic N) is 1. The van der Waals surface area contributed by atoms with Crippen LogP contribution in [0.1, 0.15) is 44.9 Å². The van der Waals surface area contributed by atoms with Crippen LogP contribution in [0.2, 0.25) is 10.0 Å². The van der Waals surface area contributed by atoms with E-state index in [0.717, 1.165) is 12.5 Å². The average Bonchev–Trinajstić information content (AvgIpc) is 2.96. The van der Waals surface area contributed by atoms with Crippen LogP contribution >= 0.6 is 23.2 Å². The number of hydrogen-bond donors (Lipinski definition) is 0. The van der Waals surface area contributed by atoms with E-state index in [1.807, 2.05) is 18.2 Å². The number of para-hydroxylation sites is 1. The van der Waals surface area contributed by atoms with E-state index in [1.54, 1.807) is 0 Å². The average molecular weight is 328 g/mol. The fourth-order valence-electron chi connectivity index (χ4n) is 3.83. The first-order valence-electron chi connectivity index (χ1n) is 8.06. The highest BCUT2D eigenvalue weighted by Gasteiger charge is 2.32. The van der Waals surface area contributed by atoms with Crippen molar-refractivity contribution in [1.29, 1.82) is 0 Å². The van der Waals surface area contributed by atoms with E-state index in [9.17, 15) is 0 Å². The molecule has 1 atom stereocenters. The lowest BCUT2D eigenvalue weighted by Gasteiger charge is -2.33. The van der Waals surface area contributed by atoms with Gasteiger partial charge in [0.1, 0.15) is 6.73 Å². The van der Waals surface area contributed by atoms with E-state index in [2.05, 4.69) is 4.90 Å². The van der Waals surface area contributed by atoms with Crippen molar-refractivity contribution in [1.82, 2.24) is 4.90 Å². The first kappa shape index (κ1) is 15.5. The second-order valence-electron chi connectivity index (χ2n) is 6.24. The minimum absolute atomic E-state index is 0.593. The highest BCUT2D eigenvalue weighted by molar-refractivity contribution is 6.37. The van der Waals surface area contributed by atoms with Crippen molar-refractivity contribution in [2.45, 2.75) is 51.0 Å². The van der Waals surface area contributed by atoms with Crippen LogP contribution in [0.3, 0.4) is 0 Å². The lowest BCUT2D eigenvalue weighted by molar-refractivity contribution is 0.0758. The largest absolute Gasteiger partial charge is 0.475 e. The molecule has 2 nitrogen and oxygen atoms in total. The smallest absolute Gasteiger partial charge is 0.158 e. The highest BCUT2D eigenvalue weighted by atomic mass is 35.5. The van der Waals surface area contributed by atoms with Crippen LogP contribution in [-0.4, -0.2) is 24.2 Å². The van der Waals surface area contributed by atoms with Gasteiger partial charge in [-0.2, -0.15) is 0 Å². The zero-order chi connectivity index (χ0) is 14.7. The van der Waals surface area contributed by atoms with E-state index in [-0.39, 0.29) is 0 Å². The van der Waals surface area contributed by atoms with Crippen LogP contribution in [0.5, 0.6) is 5.75 Å². The van der Waals surface area contributed by atoms with Crippen molar-refractivity contribution < 1.29 is 4.74 Å². The van der Waals surface area contributed by atoms with E-state index in [0.29, 0.717) is 28.6 Å². The highest BCUT2D eigenvalue weighted by Crippen LogP contribution is 2.36. The quantitative estimate of drug-likeness (QED) is 0.736. The molecule has 2 fully saturated rings. The van der Waals surface area contributed by atoms with Gasteiger partial charge in [0.15, 0.2) is 5.75 Å². The molecule has 0 N–H and O–H groups in total. The Balaban J connectivity index is 1.61. The summed E-state index contributed by atoms with van der Waals surface area (Å²) in [7, 11) is 0. The second kappa shape index (κ2) is 7.21. The Bertz CT molecular complexity index is 454. The third-order valence-corrected chi connectivity index (χ3v) is 5.50. The molecule has 116 valence electrons. The van der Waals surface area contributed by atoms with E-state index in [1.165, 1.54) is 44.9 Å². The van der Waals surface area contributed by atoms with Crippen molar-refractivity contribution >= 4 is 23.2 Å². The fraction of sp³-hybridized carbons (Fsp3) is 0.647. The van der Waals surface area contributed by atoms with E-state index < -0.39 is 0 Å². The van der Waals surface area contributed by atoms with E-state index >= 15 is 0 Å². The molecule has 0 amide bonds. The van der Waals surface area contributed by atoms with Gasteiger partial charge in [-0.05, 0) is 43.7 Å². The van der Waals surface area contributed by atoms with Gasteiger partial charge in [0.05, 0.1) is 10.0 Å². The topological polar surface area (TPSA) is 12.5 Å². The molecule has 1 aliphatic carbocycles. The standard InChI is InChI=1S/C17H23Cl2NO/c18-14-8-4-9-15(19)17(14)21-12-20-11-5-10-16(20)13-6-2-1-3-7-13/h4,8-9,13,16H,1-3,5-7,10-12H2/t16-/m0/s1. The molecule has 4 heteroatoms. The summed E-state index contributed by atoms with van der Waals surface area (Å²) in [4.78, 5) is 2.48. The van der Waals surface area contributed by atoms with Crippen molar-refractivity contribution in [2.24, 2.45) is 5.92 Å². The van der Waals surface area contributed by atoms with Crippen molar-refractivity contribution in [3.8, 4) is 5.75 Å². The lowest BCUT2D eigenvalue weighted by Crippen LogP contribution is -2.39. The van der Waals surface area contributed by atoms with Gasteiger partial charge in [-0.25, -0.2) is 0 Å². The van der Waals surface area contributed by atoms with Crippen molar-refractivity contribution in [2.75, 3.05) is 13.3 Å². The maximum atomic E-state index is 6.17. The van der Waals surface area contributed by atoms with Crippen LogP contribution in [0.25, 0.3) is 0 Å². The molecule has 1 aromatic rings. The van der Waals surface area contributed by atoms with Gasteiger partial charge in [-0.1, -0.05) is 48.5 Å². The van der Waals surface area contributed by atoms with Gasteiger partial charge in [-0.3, -0.25) is 4.90 Å². The summed E-state index contributed by atoms with van der Waals surface area (Å²) in [6.07, 6.45) is 9.56. The molecule has 0 bridgehead atoms. The maximum Gasteiger partial charge on any atom is 0.158 e. The molecule has 1 aliphatic heterocycles. The molecular formula is C17H23Cl2NO. The third-order valence-electron chi connectivity index (χ3n) is 4.90. The summed E-state index contributed by atoms with van der Waals surface area (Å²) in [5.41, 5.74) is 0. The molecule has 21 heavy (non-hydrogen) atoms. The molecule has 1 saturated carbocycles. The van der Waals surface area contributed by atoms with Crippen LogP contribution in [0.15, 0.2) is 18.2 Å². The van der Waals surface area contributed by atoms with Gasteiger partial charge in [0, 0.05) is 12.6 Å². The lowest BCUT2D eigenvalue weighted by atomic mass is 9.83. The Morgan fingerprint density at radius 3 is 2.43 bits per heavy atom. The molecule has 1 heterocycles. The van der Waals surface area contributed by atoms with Gasteiger partial charge in [0.25, 0.3) is 0 Å². The van der Waals surface area contributed by atoms with Gasteiger partial charge in [-0.15, -0.1) is 0 Å². The SMILES string of the molecule is Clc1cccc(Cl)c1OCN1CCC[C@H]1C1CCCCC1. The van der Waals surface area contributed by atoms with E-state index in [4.69, 9.17) is 27.9 Å². The summed E-state index contributed by atoms with van der Waals surface area (Å²) in [5, 5.41) is 1.19. The molecule has 1 aromatic carbocycles. The first-order chi connectivity index (χ1) is 10.3. The Morgan fingerprint density at radius 1 is 1.00 bits per heavy atom. The predicted octanol–water partition coefficient (Wildman–Crippen LogP) is 5.37. The Kier molecular flexibility index (Phi) is 5.31. The number of likely N-dealkylation sites (tertiary alicyclic amines) is 1. The zero-order valence-corrected chi connectivity index (χ0v) is 13.9. The first-order valence-corrected chi connectivity index (χ1v) is 8.82. The number of hydrogen-bond acceptors (Lipinski definition) is 2. The number of benzene rings is 1. The monoisotopic (exact) mass is 327 g/mol. The van der Waals surface area contributed by atoms with Gasteiger partial charge < -0.3 is 4.74 Å². The van der Waals surface area contributed by atoms with Crippen LogP contribution in [-0.2, 0) is 0 Å². The second-order valence-corrected chi connectivity index (χ2v) is 7.06. The zero-order valence-electron chi connectivity index (χ0n) is 12.4. The molecule has 0 spiro atoms. The molecule has 2 aliphatic rings. The molecule has 0 unspecified atom stereocenters. The summed E-state index contributed by atoms with van der Waals surface area (Å²) < 4.78 is 5.93. The summed E-state index contributed by atoms with van der Waals surface area (Å²) in [6.45, 7) is 1.73. The minimum atomic E-state index is 0.593.